The molecule has 62 valence electrons. The lowest BCUT2D eigenvalue weighted by Crippen LogP contribution is -1.86. The summed E-state index contributed by atoms with van der Waals surface area (Å²) in [5.41, 5.74) is 0.843. The Morgan fingerprint density at radius 2 is 2.50 bits per heavy atom. The molecule has 1 rings (SSSR count). The van der Waals surface area contributed by atoms with Gasteiger partial charge in [0.2, 0.25) is 0 Å². The van der Waals surface area contributed by atoms with Crippen LogP contribution in [0.5, 0.6) is 0 Å². The van der Waals surface area contributed by atoms with Crippen LogP contribution in [-0.4, -0.2) is 10.1 Å². The standard InChI is InChI=1S/C8H7FN2S/c1-2-6-3-7(9)8(10-4-6)11-5-12/h3-4H,2H2,1H3. The minimum absolute atomic E-state index is 0.00204. The molecule has 4 heteroatoms. The lowest BCUT2D eigenvalue weighted by molar-refractivity contribution is 0.621. The van der Waals surface area contributed by atoms with Gasteiger partial charge in [-0.1, -0.05) is 6.92 Å². The monoisotopic (exact) mass is 182 g/mol. The first-order valence-corrected chi connectivity index (χ1v) is 3.91. The molecule has 2 nitrogen and oxygen atoms in total. The van der Waals surface area contributed by atoms with Gasteiger partial charge in [-0.25, -0.2) is 9.37 Å². The Balaban J connectivity index is 3.11. The van der Waals surface area contributed by atoms with Gasteiger partial charge in [0, 0.05) is 6.20 Å². The molecule has 0 saturated heterocycles. The van der Waals surface area contributed by atoms with E-state index in [4.69, 9.17) is 0 Å². The van der Waals surface area contributed by atoms with E-state index < -0.39 is 5.82 Å². The summed E-state index contributed by atoms with van der Waals surface area (Å²) in [7, 11) is 0. The van der Waals surface area contributed by atoms with Crippen molar-refractivity contribution in [2.45, 2.75) is 13.3 Å². The van der Waals surface area contributed by atoms with Gasteiger partial charge in [-0.15, -0.1) is 0 Å². The van der Waals surface area contributed by atoms with Gasteiger partial charge in [-0.05, 0) is 30.3 Å². The summed E-state index contributed by atoms with van der Waals surface area (Å²) in [6.07, 6.45) is 2.33. The molecule has 0 aliphatic rings. The van der Waals surface area contributed by atoms with E-state index in [1.54, 1.807) is 6.20 Å². The van der Waals surface area contributed by atoms with E-state index in [9.17, 15) is 4.39 Å². The number of nitrogens with zero attached hydrogens (tertiary/aromatic N) is 2. The second-order valence-electron chi connectivity index (χ2n) is 2.21. The number of aryl methyl sites for hydroxylation is 1. The van der Waals surface area contributed by atoms with Crippen molar-refractivity contribution in [3.8, 4) is 0 Å². The van der Waals surface area contributed by atoms with Crippen molar-refractivity contribution < 1.29 is 4.39 Å². The molecule has 0 N–H and O–H groups in total. The van der Waals surface area contributed by atoms with E-state index in [1.165, 1.54) is 6.07 Å². The van der Waals surface area contributed by atoms with Gasteiger partial charge in [0.25, 0.3) is 0 Å². The number of rotatable bonds is 2. The van der Waals surface area contributed by atoms with Crippen molar-refractivity contribution in [3.05, 3.63) is 23.6 Å². The fourth-order valence-corrected chi connectivity index (χ4v) is 0.876. The lowest BCUT2D eigenvalue weighted by Gasteiger charge is -1.96. The van der Waals surface area contributed by atoms with Crippen LogP contribution in [0.15, 0.2) is 17.3 Å². The van der Waals surface area contributed by atoms with Crippen LogP contribution in [0.1, 0.15) is 12.5 Å². The number of pyridine rings is 1. The summed E-state index contributed by atoms with van der Waals surface area (Å²) < 4.78 is 13.0. The van der Waals surface area contributed by atoms with E-state index in [2.05, 4.69) is 27.4 Å². The number of aromatic nitrogens is 1. The summed E-state index contributed by atoms with van der Waals surface area (Å²) in [6.45, 7) is 1.93. The molecule has 0 bridgehead atoms. The molecule has 0 fully saturated rings. The maximum atomic E-state index is 13.0. The molecule has 1 heterocycles. The minimum atomic E-state index is -0.452. The minimum Gasteiger partial charge on any atom is -0.234 e. The Kier molecular flexibility index (Phi) is 3.02. The predicted octanol–water partition coefficient (Wildman–Crippen LogP) is 2.52. The highest BCUT2D eigenvalue weighted by molar-refractivity contribution is 7.78. The molecule has 0 aliphatic heterocycles. The molecular weight excluding hydrogens is 175 g/mol. The summed E-state index contributed by atoms with van der Waals surface area (Å²) in [6, 6.07) is 1.40. The first-order chi connectivity index (χ1) is 5.77. The van der Waals surface area contributed by atoms with Gasteiger partial charge in [0.05, 0.1) is 5.16 Å². The fourth-order valence-electron chi connectivity index (χ4n) is 0.789. The molecule has 0 amide bonds. The van der Waals surface area contributed by atoms with Crippen molar-refractivity contribution >= 4 is 23.2 Å². The zero-order valence-electron chi connectivity index (χ0n) is 6.54. The van der Waals surface area contributed by atoms with Crippen LogP contribution in [0, 0.1) is 5.82 Å². The third kappa shape index (κ3) is 1.94. The number of hydrogen-bond donors (Lipinski definition) is 0. The van der Waals surface area contributed by atoms with Crippen molar-refractivity contribution in [2.75, 3.05) is 0 Å². The predicted molar refractivity (Wildman–Crippen MR) is 48.3 cm³/mol. The average Bonchev–Trinajstić information content (AvgIpc) is 2.09. The van der Waals surface area contributed by atoms with Gasteiger partial charge in [-0.3, -0.25) is 0 Å². The molecule has 1 aromatic rings. The number of hydrogen-bond acceptors (Lipinski definition) is 3. The molecule has 0 saturated carbocycles. The van der Waals surface area contributed by atoms with Crippen LogP contribution in [0.4, 0.5) is 10.2 Å². The second kappa shape index (κ2) is 4.04. The molecule has 12 heavy (non-hydrogen) atoms. The smallest absolute Gasteiger partial charge is 0.198 e. The van der Waals surface area contributed by atoms with E-state index in [0.717, 1.165) is 12.0 Å². The summed E-state index contributed by atoms with van der Waals surface area (Å²) in [4.78, 5) is 7.23. The van der Waals surface area contributed by atoms with Crippen LogP contribution >= 0.6 is 12.2 Å². The molecule has 0 aliphatic carbocycles. The SMILES string of the molecule is CCc1cnc(N=C=S)c(F)c1. The maximum Gasteiger partial charge on any atom is 0.198 e. The number of aliphatic imine (C=N–C) groups is 1. The van der Waals surface area contributed by atoms with E-state index in [1.807, 2.05) is 6.92 Å². The number of halogens is 1. The van der Waals surface area contributed by atoms with Gasteiger partial charge in [0.15, 0.2) is 11.6 Å². The zero-order chi connectivity index (χ0) is 8.97. The van der Waals surface area contributed by atoms with Crippen LogP contribution in [0.2, 0.25) is 0 Å². The Morgan fingerprint density at radius 1 is 1.75 bits per heavy atom. The van der Waals surface area contributed by atoms with E-state index in [-0.39, 0.29) is 5.82 Å². The van der Waals surface area contributed by atoms with Crippen molar-refractivity contribution in [2.24, 2.45) is 4.99 Å². The topological polar surface area (TPSA) is 25.2 Å². The van der Waals surface area contributed by atoms with Crippen molar-refractivity contribution in [3.63, 3.8) is 0 Å². The number of thiocarbonyl (C=S) groups is 1. The summed E-state index contributed by atoms with van der Waals surface area (Å²) >= 11 is 4.33. The Morgan fingerprint density at radius 3 is 3.00 bits per heavy atom. The highest BCUT2D eigenvalue weighted by Gasteiger charge is 2.01. The van der Waals surface area contributed by atoms with Crippen molar-refractivity contribution in [1.82, 2.24) is 4.98 Å². The molecule has 1 aromatic heterocycles. The molecular formula is C8H7FN2S. The Labute approximate surface area is 75.2 Å². The first-order valence-electron chi connectivity index (χ1n) is 3.50. The highest BCUT2D eigenvalue weighted by atomic mass is 32.1. The molecule has 0 unspecified atom stereocenters. The molecule has 0 aromatic carbocycles. The maximum absolute atomic E-state index is 13.0. The van der Waals surface area contributed by atoms with E-state index in [0.29, 0.717) is 0 Å². The van der Waals surface area contributed by atoms with E-state index >= 15 is 0 Å². The quantitative estimate of drug-likeness (QED) is 0.518. The van der Waals surface area contributed by atoms with Crippen LogP contribution < -0.4 is 0 Å². The van der Waals surface area contributed by atoms with Crippen LogP contribution in [0.3, 0.4) is 0 Å². The van der Waals surface area contributed by atoms with Gasteiger partial charge >= 0.3 is 0 Å². The fraction of sp³-hybridized carbons (Fsp3) is 0.250. The zero-order valence-corrected chi connectivity index (χ0v) is 7.36. The van der Waals surface area contributed by atoms with Gasteiger partial charge in [-0.2, -0.15) is 4.99 Å². The molecule has 0 spiro atoms. The Hall–Kier alpha value is -1.12. The third-order valence-corrected chi connectivity index (χ3v) is 1.53. The molecule has 0 atom stereocenters. The lowest BCUT2D eigenvalue weighted by atomic mass is 10.2. The third-order valence-electron chi connectivity index (χ3n) is 1.44. The molecule has 0 radical (unpaired) electrons. The second-order valence-corrected chi connectivity index (χ2v) is 2.39. The van der Waals surface area contributed by atoms with Gasteiger partial charge in [0.1, 0.15) is 0 Å². The Bertz CT molecular complexity index is 332. The summed E-state index contributed by atoms with van der Waals surface area (Å²) in [5, 5.41) is 2.07. The first kappa shape index (κ1) is 8.97. The van der Waals surface area contributed by atoms with Crippen LogP contribution in [0.25, 0.3) is 0 Å². The van der Waals surface area contributed by atoms with Crippen molar-refractivity contribution in [1.29, 1.82) is 0 Å². The largest absolute Gasteiger partial charge is 0.234 e. The highest BCUT2D eigenvalue weighted by Crippen LogP contribution is 2.14. The average molecular weight is 182 g/mol. The normalized spacial score (nSPS) is 9.17. The number of isothiocyanates is 1. The van der Waals surface area contributed by atoms with Crippen LogP contribution in [-0.2, 0) is 6.42 Å². The van der Waals surface area contributed by atoms with Gasteiger partial charge < -0.3 is 0 Å². The summed E-state index contributed by atoms with van der Waals surface area (Å²) in [5.74, 6) is -0.450.